The van der Waals surface area contributed by atoms with E-state index in [1.807, 2.05) is 6.92 Å². The molecule has 0 aliphatic rings. The number of hydrogen-bond donors (Lipinski definition) is 2. The van der Waals surface area contributed by atoms with Crippen LogP contribution in [0.3, 0.4) is 0 Å². The molecule has 3 N–H and O–H groups in total. The zero-order valence-corrected chi connectivity index (χ0v) is 13.1. The molecule has 0 fully saturated rings. The van der Waals surface area contributed by atoms with Crippen molar-refractivity contribution >= 4 is 18.4 Å². The number of nitrogens with zero attached hydrogens (tertiary/aromatic N) is 1. The van der Waals surface area contributed by atoms with Gasteiger partial charge in [0.15, 0.2) is 5.95 Å². The molecule has 0 saturated heterocycles. The molecule has 0 aliphatic carbocycles. The summed E-state index contributed by atoms with van der Waals surface area (Å²) in [6, 6.07) is 8.67. The summed E-state index contributed by atoms with van der Waals surface area (Å²) in [4.78, 5) is 7.35. The minimum Gasteiger partial charge on any atom is -0.369 e. The molecular weight excluding hydrogens is 270 g/mol. The van der Waals surface area contributed by atoms with Crippen LogP contribution in [0.15, 0.2) is 24.3 Å². The molecule has 0 saturated carbocycles. The number of nitrogens with two attached hydrogens (primary N) is 1. The van der Waals surface area contributed by atoms with Crippen LogP contribution in [0, 0.1) is 6.92 Å². The van der Waals surface area contributed by atoms with Crippen LogP contribution in [-0.2, 0) is 6.42 Å². The standard InChI is InChI=1S/C16H23N3.ClH/c1-3-4-5-6-7-13-8-10-14(11-9-13)15-12(2)18-16(17)19-15;/h8-11H,3-7H2,1-2H3,(H3,17,18,19);1H. The van der Waals surface area contributed by atoms with Crippen LogP contribution in [0.1, 0.15) is 43.9 Å². The number of benzene rings is 1. The lowest BCUT2D eigenvalue weighted by Crippen LogP contribution is -1.88. The summed E-state index contributed by atoms with van der Waals surface area (Å²) in [5, 5.41) is 0. The van der Waals surface area contributed by atoms with Crippen LogP contribution in [0.4, 0.5) is 5.95 Å². The average molecular weight is 294 g/mol. The predicted octanol–water partition coefficient (Wildman–Crippen LogP) is 4.51. The molecule has 0 spiro atoms. The minimum absolute atomic E-state index is 0. The van der Waals surface area contributed by atoms with Gasteiger partial charge in [0.1, 0.15) is 0 Å². The molecule has 1 aromatic heterocycles. The first-order valence-electron chi connectivity index (χ1n) is 7.12. The van der Waals surface area contributed by atoms with E-state index in [9.17, 15) is 0 Å². The Bertz CT molecular complexity index is 517. The number of aryl methyl sites for hydroxylation is 2. The average Bonchev–Trinajstić information content (AvgIpc) is 2.75. The third-order valence-electron chi connectivity index (χ3n) is 3.45. The molecule has 0 radical (unpaired) electrons. The van der Waals surface area contributed by atoms with E-state index < -0.39 is 0 Å². The van der Waals surface area contributed by atoms with E-state index >= 15 is 0 Å². The number of unbranched alkanes of at least 4 members (excludes halogenated alkanes) is 3. The van der Waals surface area contributed by atoms with Crippen LogP contribution >= 0.6 is 12.4 Å². The highest BCUT2D eigenvalue weighted by molar-refractivity contribution is 5.85. The highest BCUT2D eigenvalue weighted by Gasteiger charge is 2.06. The topological polar surface area (TPSA) is 54.7 Å². The van der Waals surface area contributed by atoms with Crippen molar-refractivity contribution in [2.24, 2.45) is 0 Å². The summed E-state index contributed by atoms with van der Waals surface area (Å²) in [6.45, 7) is 4.24. The molecule has 20 heavy (non-hydrogen) atoms. The van der Waals surface area contributed by atoms with Gasteiger partial charge in [-0.05, 0) is 25.3 Å². The number of imidazole rings is 1. The summed E-state index contributed by atoms with van der Waals surface area (Å²) in [7, 11) is 0. The highest BCUT2D eigenvalue weighted by atomic mass is 35.5. The second-order valence-electron chi connectivity index (χ2n) is 5.10. The van der Waals surface area contributed by atoms with Crippen molar-refractivity contribution in [3.05, 3.63) is 35.5 Å². The number of nitrogens with one attached hydrogen (secondary N) is 1. The largest absolute Gasteiger partial charge is 0.369 e. The van der Waals surface area contributed by atoms with Gasteiger partial charge in [0.2, 0.25) is 0 Å². The molecule has 0 unspecified atom stereocenters. The monoisotopic (exact) mass is 293 g/mol. The second-order valence-corrected chi connectivity index (χ2v) is 5.10. The number of aromatic nitrogens is 2. The number of H-pyrrole nitrogens is 1. The van der Waals surface area contributed by atoms with Crippen LogP contribution in [-0.4, -0.2) is 9.97 Å². The number of halogens is 1. The second kappa shape index (κ2) is 7.95. The van der Waals surface area contributed by atoms with Gasteiger partial charge in [0.05, 0.1) is 5.69 Å². The number of hydrogen-bond acceptors (Lipinski definition) is 2. The molecule has 0 aliphatic heterocycles. The van der Waals surface area contributed by atoms with Gasteiger partial charge in [-0.15, -0.1) is 12.4 Å². The maximum atomic E-state index is 5.67. The Morgan fingerprint density at radius 2 is 1.80 bits per heavy atom. The van der Waals surface area contributed by atoms with Crippen LogP contribution in [0.5, 0.6) is 0 Å². The number of anilines is 1. The Labute approximate surface area is 127 Å². The SMILES string of the molecule is CCCCCCc1ccc(-c2nc(N)[nH]c2C)cc1.Cl. The first-order chi connectivity index (χ1) is 9.20. The van der Waals surface area contributed by atoms with E-state index in [-0.39, 0.29) is 12.4 Å². The molecule has 2 aromatic rings. The normalized spacial score (nSPS) is 10.3. The highest BCUT2D eigenvalue weighted by Crippen LogP contribution is 2.22. The Balaban J connectivity index is 0.00000200. The predicted molar refractivity (Wildman–Crippen MR) is 88.3 cm³/mol. The summed E-state index contributed by atoms with van der Waals surface area (Å²) in [6.07, 6.45) is 6.40. The van der Waals surface area contributed by atoms with Gasteiger partial charge in [-0.25, -0.2) is 4.98 Å². The number of nitrogen functional groups attached to an aromatic ring is 1. The maximum absolute atomic E-state index is 5.67. The van der Waals surface area contributed by atoms with Crippen LogP contribution < -0.4 is 5.73 Å². The lowest BCUT2D eigenvalue weighted by molar-refractivity contribution is 0.667. The van der Waals surface area contributed by atoms with E-state index in [1.165, 1.54) is 37.7 Å². The maximum Gasteiger partial charge on any atom is 0.198 e. The smallest absolute Gasteiger partial charge is 0.198 e. The van der Waals surface area contributed by atoms with Gasteiger partial charge < -0.3 is 10.7 Å². The molecule has 4 heteroatoms. The molecule has 110 valence electrons. The first-order valence-corrected chi connectivity index (χ1v) is 7.12. The van der Waals surface area contributed by atoms with Gasteiger partial charge in [-0.2, -0.15) is 0 Å². The quantitative estimate of drug-likeness (QED) is 0.770. The number of rotatable bonds is 6. The van der Waals surface area contributed by atoms with Gasteiger partial charge in [0, 0.05) is 11.3 Å². The first kappa shape index (κ1) is 16.6. The minimum atomic E-state index is 0. The molecule has 1 aromatic carbocycles. The van der Waals surface area contributed by atoms with Gasteiger partial charge in [0.25, 0.3) is 0 Å². The van der Waals surface area contributed by atoms with Gasteiger partial charge in [-0.1, -0.05) is 50.5 Å². The third-order valence-corrected chi connectivity index (χ3v) is 3.45. The number of aromatic amines is 1. The molecule has 3 nitrogen and oxygen atoms in total. The fourth-order valence-electron chi connectivity index (χ4n) is 2.35. The lowest BCUT2D eigenvalue weighted by atomic mass is 10.0. The lowest BCUT2D eigenvalue weighted by Gasteiger charge is -2.03. The zero-order valence-electron chi connectivity index (χ0n) is 12.3. The van der Waals surface area contributed by atoms with E-state index in [0.29, 0.717) is 5.95 Å². The molecule has 1 heterocycles. The Morgan fingerprint density at radius 1 is 1.10 bits per heavy atom. The molecule has 0 amide bonds. The van der Waals surface area contributed by atoms with E-state index in [0.717, 1.165) is 17.0 Å². The van der Waals surface area contributed by atoms with Crippen LogP contribution in [0.25, 0.3) is 11.3 Å². The van der Waals surface area contributed by atoms with Gasteiger partial charge >= 0.3 is 0 Å². The van der Waals surface area contributed by atoms with Crippen molar-refractivity contribution in [3.63, 3.8) is 0 Å². The van der Waals surface area contributed by atoms with E-state index in [2.05, 4.69) is 41.2 Å². The molecule has 2 rings (SSSR count). The van der Waals surface area contributed by atoms with Crippen molar-refractivity contribution in [1.82, 2.24) is 9.97 Å². The fourth-order valence-corrected chi connectivity index (χ4v) is 2.35. The van der Waals surface area contributed by atoms with E-state index in [4.69, 9.17) is 5.73 Å². The summed E-state index contributed by atoms with van der Waals surface area (Å²) in [5.74, 6) is 0.483. The van der Waals surface area contributed by atoms with Crippen molar-refractivity contribution in [1.29, 1.82) is 0 Å². The van der Waals surface area contributed by atoms with E-state index in [1.54, 1.807) is 0 Å². The third kappa shape index (κ3) is 4.27. The Kier molecular flexibility index (Phi) is 6.59. The summed E-state index contributed by atoms with van der Waals surface area (Å²) >= 11 is 0. The fraction of sp³-hybridized carbons (Fsp3) is 0.438. The molecule has 0 bridgehead atoms. The summed E-state index contributed by atoms with van der Waals surface area (Å²) in [5.41, 5.74) is 10.2. The zero-order chi connectivity index (χ0) is 13.7. The van der Waals surface area contributed by atoms with Crippen molar-refractivity contribution < 1.29 is 0 Å². The van der Waals surface area contributed by atoms with Gasteiger partial charge in [-0.3, -0.25) is 0 Å². The molecular formula is C16H24ClN3. The molecule has 0 atom stereocenters. The summed E-state index contributed by atoms with van der Waals surface area (Å²) < 4.78 is 0. The van der Waals surface area contributed by atoms with Crippen molar-refractivity contribution in [2.45, 2.75) is 46.0 Å². The van der Waals surface area contributed by atoms with Crippen molar-refractivity contribution in [2.75, 3.05) is 5.73 Å². The van der Waals surface area contributed by atoms with Crippen LogP contribution in [0.2, 0.25) is 0 Å². The Hall–Kier alpha value is -1.48. The Morgan fingerprint density at radius 3 is 2.35 bits per heavy atom. The van der Waals surface area contributed by atoms with Crippen molar-refractivity contribution in [3.8, 4) is 11.3 Å².